The fourth-order valence-electron chi connectivity index (χ4n) is 4.50. The van der Waals surface area contributed by atoms with Crippen LogP contribution in [0.1, 0.15) is 59.8 Å². The van der Waals surface area contributed by atoms with Gasteiger partial charge < -0.3 is 5.73 Å². The van der Waals surface area contributed by atoms with Crippen LogP contribution >= 0.6 is 11.8 Å². The van der Waals surface area contributed by atoms with Crippen LogP contribution in [0.3, 0.4) is 0 Å². The maximum atomic E-state index is 6.32. The molecule has 4 unspecified atom stereocenters. The summed E-state index contributed by atoms with van der Waals surface area (Å²) in [5, 5.41) is 0.748. The zero-order valence-corrected chi connectivity index (χ0v) is 14.7. The number of thioether (sulfide) groups is 1. The average Bonchev–Trinajstić information content (AvgIpc) is 2.41. The van der Waals surface area contributed by atoms with Gasteiger partial charge in [-0.1, -0.05) is 33.6 Å². The minimum Gasteiger partial charge on any atom is -0.329 e. The van der Waals surface area contributed by atoms with Crippen molar-refractivity contribution >= 4 is 11.8 Å². The normalized spacial score (nSPS) is 40.2. The van der Waals surface area contributed by atoms with E-state index in [4.69, 9.17) is 5.73 Å². The maximum absolute atomic E-state index is 6.32. The Labute approximate surface area is 130 Å². The lowest BCUT2D eigenvalue weighted by molar-refractivity contribution is 0.00591. The third-order valence-corrected chi connectivity index (χ3v) is 6.94. The van der Waals surface area contributed by atoms with Crippen molar-refractivity contribution in [2.24, 2.45) is 17.6 Å². The van der Waals surface area contributed by atoms with Gasteiger partial charge in [-0.2, -0.15) is 11.8 Å². The highest BCUT2D eigenvalue weighted by Gasteiger charge is 2.44. The highest BCUT2D eigenvalue weighted by atomic mass is 32.2. The van der Waals surface area contributed by atoms with E-state index in [0.717, 1.165) is 23.6 Å². The molecule has 0 spiro atoms. The molecular weight excluding hydrogens is 264 g/mol. The summed E-state index contributed by atoms with van der Waals surface area (Å²) in [6.07, 6.45) is 6.84. The molecule has 1 heterocycles. The summed E-state index contributed by atoms with van der Waals surface area (Å²) in [4.78, 5) is 2.79. The number of hydrogen-bond acceptors (Lipinski definition) is 3. The molecule has 3 heteroatoms. The summed E-state index contributed by atoms with van der Waals surface area (Å²) in [6.45, 7) is 11.6. The topological polar surface area (TPSA) is 29.3 Å². The third kappa shape index (κ3) is 3.53. The molecule has 118 valence electrons. The van der Waals surface area contributed by atoms with E-state index in [9.17, 15) is 0 Å². The maximum Gasteiger partial charge on any atom is 0.0337 e. The van der Waals surface area contributed by atoms with Crippen LogP contribution in [0.25, 0.3) is 0 Å². The molecule has 0 aromatic rings. The van der Waals surface area contributed by atoms with Gasteiger partial charge in [-0.25, -0.2) is 0 Å². The first-order chi connectivity index (χ1) is 9.48. The molecular formula is C17H34N2S. The Kier molecular flexibility index (Phi) is 5.84. The molecule has 1 saturated carbocycles. The van der Waals surface area contributed by atoms with E-state index in [1.165, 1.54) is 44.4 Å². The first-order valence-corrected chi connectivity index (χ1v) is 9.62. The second-order valence-corrected chi connectivity index (χ2v) is 9.02. The summed E-state index contributed by atoms with van der Waals surface area (Å²) in [7, 11) is 0. The van der Waals surface area contributed by atoms with E-state index in [0.29, 0.717) is 11.6 Å². The molecule has 1 saturated heterocycles. The molecule has 1 aliphatic heterocycles. The van der Waals surface area contributed by atoms with Gasteiger partial charge in [0, 0.05) is 35.7 Å². The predicted octanol–water partition coefficient (Wildman–Crippen LogP) is 3.75. The van der Waals surface area contributed by atoms with Crippen molar-refractivity contribution in [3.8, 4) is 0 Å². The lowest BCUT2D eigenvalue weighted by Crippen LogP contribution is -2.62. The van der Waals surface area contributed by atoms with E-state index < -0.39 is 0 Å². The molecule has 0 aromatic heterocycles. The third-order valence-electron chi connectivity index (χ3n) is 5.60. The Bertz CT molecular complexity index is 307. The number of nitrogens with two attached hydrogens (primary N) is 1. The minimum atomic E-state index is 0.298. The molecule has 2 aliphatic rings. The van der Waals surface area contributed by atoms with Gasteiger partial charge in [0.1, 0.15) is 0 Å². The quantitative estimate of drug-likeness (QED) is 0.857. The van der Waals surface area contributed by atoms with Crippen molar-refractivity contribution in [3.05, 3.63) is 0 Å². The Morgan fingerprint density at radius 1 is 1.35 bits per heavy atom. The predicted molar refractivity (Wildman–Crippen MR) is 91.3 cm³/mol. The molecule has 0 radical (unpaired) electrons. The molecule has 0 aromatic carbocycles. The molecule has 0 amide bonds. The summed E-state index contributed by atoms with van der Waals surface area (Å²) in [6, 6.07) is 0.676. The number of nitrogens with zero attached hydrogens (tertiary/aromatic N) is 1. The minimum absolute atomic E-state index is 0.298. The molecule has 20 heavy (non-hydrogen) atoms. The van der Waals surface area contributed by atoms with Crippen LogP contribution in [-0.4, -0.2) is 40.6 Å². The fraction of sp³-hybridized carbons (Fsp3) is 1.00. The molecule has 2 nitrogen and oxygen atoms in total. The van der Waals surface area contributed by atoms with Crippen molar-refractivity contribution in [3.63, 3.8) is 0 Å². The number of rotatable bonds is 4. The summed E-state index contributed by atoms with van der Waals surface area (Å²) < 4.78 is 0. The summed E-state index contributed by atoms with van der Waals surface area (Å²) in [5.74, 6) is 2.99. The van der Waals surface area contributed by atoms with Gasteiger partial charge in [-0.05, 0) is 38.0 Å². The van der Waals surface area contributed by atoms with E-state index in [1.807, 2.05) is 0 Å². The van der Waals surface area contributed by atoms with Gasteiger partial charge in [0.2, 0.25) is 0 Å². The van der Waals surface area contributed by atoms with Crippen LogP contribution in [0.4, 0.5) is 0 Å². The van der Waals surface area contributed by atoms with E-state index in [-0.39, 0.29) is 0 Å². The SMILES string of the molecule is CC(C)CC1CCCC(CN)(N2CCSC(C)C2C)C1. The Morgan fingerprint density at radius 3 is 2.75 bits per heavy atom. The first kappa shape index (κ1) is 16.6. The standard InChI is InChI=1S/C17H34N2S/c1-13(2)10-16-6-5-7-17(11-16,12-18)19-8-9-20-15(4)14(19)3/h13-16H,5-12,18H2,1-4H3. The van der Waals surface area contributed by atoms with Gasteiger partial charge in [0.05, 0.1) is 0 Å². The van der Waals surface area contributed by atoms with Crippen LogP contribution in [-0.2, 0) is 0 Å². The van der Waals surface area contributed by atoms with Crippen molar-refractivity contribution in [2.75, 3.05) is 18.8 Å². The first-order valence-electron chi connectivity index (χ1n) is 8.57. The lowest BCUT2D eigenvalue weighted by atomic mass is 9.71. The van der Waals surface area contributed by atoms with Crippen LogP contribution < -0.4 is 5.73 Å². The number of hydrogen-bond donors (Lipinski definition) is 1. The van der Waals surface area contributed by atoms with E-state index >= 15 is 0 Å². The molecule has 2 fully saturated rings. The molecule has 2 rings (SSSR count). The van der Waals surface area contributed by atoms with Crippen molar-refractivity contribution in [2.45, 2.75) is 76.6 Å². The zero-order valence-electron chi connectivity index (χ0n) is 13.9. The van der Waals surface area contributed by atoms with Gasteiger partial charge >= 0.3 is 0 Å². The van der Waals surface area contributed by atoms with Gasteiger partial charge in [0.15, 0.2) is 0 Å². The second-order valence-electron chi connectivity index (χ2n) is 7.53. The van der Waals surface area contributed by atoms with Crippen LogP contribution in [0.5, 0.6) is 0 Å². The molecule has 2 N–H and O–H groups in total. The zero-order chi connectivity index (χ0) is 14.8. The van der Waals surface area contributed by atoms with Crippen LogP contribution in [0.2, 0.25) is 0 Å². The molecule has 1 aliphatic carbocycles. The Balaban J connectivity index is 2.11. The van der Waals surface area contributed by atoms with Crippen molar-refractivity contribution in [1.29, 1.82) is 0 Å². The Morgan fingerprint density at radius 2 is 2.10 bits per heavy atom. The van der Waals surface area contributed by atoms with E-state index in [2.05, 4.69) is 44.4 Å². The average molecular weight is 299 g/mol. The van der Waals surface area contributed by atoms with Gasteiger partial charge in [-0.3, -0.25) is 4.90 Å². The largest absolute Gasteiger partial charge is 0.329 e. The highest BCUT2D eigenvalue weighted by molar-refractivity contribution is 8.00. The molecule has 4 atom stereocenters. The Hall–Kier alpha value is 0.270. The van der Waals surface area contributed by atoms with Gasteiger partial charge in [0.25, 0.3) is 0 Å². The summed E-state index contributed by atoms with van der Waals surface area (Å²) in [5.41, 5.74) is 6.62. The summed E-state index contributed by atoms with van der Waals surface area (Å²) >= 11 is 2.13. The monoisotopic (exact) mass is 298 g/mol. The van der Waals surface area contributed by atoms with Crippen molar-refractivity contribution in [1.82, 2.24) is 4.90 Å². The fourth-order valence-corrected chi connectivity index (χ4v) is 5.59. The van der Waals surface area contributed by atoms with E-state index in [1.54, 1.807) is 0 Å². The smallest absolute Gasteiger partial charge is 0.0337 e. The van der Waals surface area contributed by atoms with Crippen LogP contribution in [0, 0.1) is 11.8 Å². The second kappa shape index (κ2) is 7.02. The lowest BCUT2D eigenvalue weighted by Gasteiger charge is -2.54. The molecule has 0 bridgehead atoms. The van der Waals surface area contributed by atoms with Gasteiger partial charge in [-0.15, -0.1) is 0 Å². The highest BCUT2D eigenvalue weighted by Crippen LogP contribution is 2.42. The van der Waals surface area contributed by atoms with Crippen molar-refractivity contribution < 1.29 is 0 Å². The van der Waals surface area contributed by atoms with Crippen LogP contribution in [0.15, 0.2) is 0 Å².